The van der Waals surface area contributed by atoms with Gasteiger partial charge in [0.15, 0.2) is 0 Å². The number of halogens is 1. The van der Waals surface area contributed by atoms with E-state index < -0.39 is 14.0 Å². The molecule has 1 heterocycles. The number of fused-ring (bicyclic) bond motifs is 1. The molecule has 0 saturated carbocycles. The lowest BCUT2D eigenvalue weighted by Gasteiger charge is -1.99. The Hall–Kier alpha value is -0.850. The highest BCUT2D eigenvalue weighted by Gasteiger charge is 2.10. The Kier molecular flexibility index (Phi) is 3.05. The van der Waals surface area contributed by atoms with Crippen LogP contribution in [-0.4, -0.2) is 14.2 Å². The van der Waals surface area contributed by atoms with Gasteiger partial charge in [0, 0.05) is 10.7 Å². The van der Waals surface area contributed by atoms with E-state index in [1.807, 2.05) is 0 Å². The average Bonchev–Trinajstić information content (AvgIpc) is 2.54. The van der Waals surface area contributed by atoms with Crippen LogP contribution in [0.3, 0.4) is 0 Å². The summed E-state index contributed by atoms with van der Waals surface area (Å²) in [5.74, 6) is -0.153. The van der Waals surface area contributed by atoms with Crippen molar-refractivity contribution >= 4 is 41.4 Å². The molecule has 0 radical (unpaired) electrons. The van der Waals surface area contributed by atoms with Crippen LogP contribution in [0.1, 0.15) is 5.56 Å². The van der Waals surface area contributed by atoms with E-state index in [0.717, 1.165) is 16.9 Å². The summed E-state index contributed by atoms with van der Waals surface area (Å²) >= 11 is 0.969. The van der Waals surface area contributed by atoms with Gasteiger partial charge >= 0.3 is 4.94 Å². The molecule has 2 aromatic rings. The fraction of sp³-hybridized carbons (Fsp3) is 0.222. The first kappa shape index (κ1) is 11.6. The molecule has 0 atom stereocenters. The van der Waals surface area contributed by atoms with Crippen molar-refractivity contribution in [2.24, 2.45) is 0 Å². The zero-order valence-electron chi connectivity index (χ0n) is 7.97. The van der Waals surface area contributed by atoms with Crippen molar-refractivity contribution in [1.82, 2.24) is 0 Å². The second-order valence-corrected chi connectivity index (χ2v) is 7.03. The minimum atomic E-state index is -3.52. The van der Waals surface area contributed by atoms with E-state index in [2.05, 4.69) is 0 Å². The van der Waals surface area contributed by atoms with Gasteiger partial charge in [-0.25, -0.2) is 13.2 Å². The third-order valence-electron chi connectivity index (χ3n) is 2.05. The van der Waals surface area contributed by atoms with Crippen LogP contribution >= 0.6 is 22.0 Å². The van der Waals surface area contributed by atoms with Gasteiger partial charge in [0.1, 0.15) is 5.58 Å². The van der Waals surface area contributed by atoms with Crippen molar-refractivity contribution < 1.29 is 12.8 Å². The van der Waals surface area contributed by atoms with Crippen LogP contribution < -0.4 is 4.94 Å². The highest BCUT2D eigenvalue weighted by Crippen LogP contribution is 2.22. The van der Waals surface area contributed by atoms with E-state index in [4.69, 9.17) is 15.1 Å². The van der Waals surface area contributed by atoms with Crippen molar-refractivity contribution in [2.75, 3.05) is 5.75 Å². The van der Waals surface area contributed by atoms with Crippen molar-refractivity contribution in [2.45, 2.75) is 6.42 Å². The lowest BCUT2D eigenvalue weighted by atomic mass is 10.2. The molecule has 0 aliphatic carbocycles. The molecule has 0 amide bonds. The highest BCUT2D eigenvalue weighted by molar-refractivity contribution is 8.13. The van der Waals surface area contributed by atoms with Gasteiger partial charge in [-0.15, -0.1) is 0 Å². The van der Waals surface area contributed by atoms with Crippen LogP contribution in [0.4, 0.5) is 0 Å². The zero-order valence-corrected chi connectivity index (χ0v) is 10.4. The summed E-state index contributed by atoms with van der Waals surface area (Å²) in [4.78, 5) is 10.7. The molecule has 16 heavy (non-hydrogen) atoms. The van der Waals surface area contributed by atoms with Gasteiger partial charge in [-0.05, 0) is 18.1 Å². The molecule has 0 aliphatic heterocycles. The maximum atomic E-state index is 11.0. The smallest absolute Gasteiger partial charge is 0.396 e. The second kappa shape index (κ2) is 4.20. The fourth-order valence-corrected chi connectivity index (χ4v) is 2.88. The minimum Gasteiger partial charge on any atom is -0.414 e. The Morgan fingerprint density at radius 2 is 2.12 bits per heavy atom. The molecular weight excluding hydrogens is 272 g/mol. The Balaban J connectivity index is 2.41. The van der Waals surface area contributed by atoms with Crippen molar-refractivity contribution in [3.63, 3.8) is 0 Å². The topological polar surface area (TPSA) is 64.3 Å². The summed E-state index contributed by atoms with van der Waals surface area (Å²) in [6.45, 7) is 0. The number of benzene rings is 1. The summed E-state index contributed by atoms with van der Waals surface area (Å²) in [5, 5.41) is 0. The summed E-state index contributed by atoms with van der Waals surface area (Å²) < 4.78 is 27.3. The van der Waals surface area contributed by atoms with Crippen LogP contribution in [0.5, 0.6) is 0 Å². The van der Waals surface area contributed by atoms with Crippen molar-refractivity contribution in [3.8, 4) is 0 Å². The molecule has 1 aromatic heterocycles. The molecule has 0 aliphatic rings. The molecule has 4 nitrogen and oxygen atoms in total. The standard InChI is InChI=1S/C9H7ClO4S2/c10-16(12,13)5-4-6-2-1-3-7-8(6)15-9(11)14-7/h1-3H,4-5H2. The maximum absolute atomic E-state index is 11.0. The van der Waals surface area contributed by atoms with E-state index in [9.17, 15) is 13.2 Å². The van der Waals surface area contributed by atoms with Gasteiger partial charge in [-0.2, -0.15) is 0 Å². The predicted molar refractivity (Wildman–Crippen MR) is 63.7 cm³/mol. The van der Waals surface area contributed by atoms with Crippen molar-refractivity contribution in [1.29, 1.82) is 0 Å². The summed E-state index contributed by atoms with van der Waals surface area (Å²) in [6.07, 6.45) is 0.276. The molecular formula is C9H7ClO4S2. The largest absolute Gasteiger partial charge is 0.414 e. The summed E-state index contributed by atoms with van der Waals surface area (Å²) in [6, 6.07) is 5.15. The normalized spacial score (nSPS) is 12.1. The van der Waals surface area contributed by atoms with Gasteiger partial charge in [-0.3, -0.25) is 0 Å². The summed E-state index contributed by atoms with van der Waals surface area (Å²) in [7, 11) is 1.61. The fourth-order valence-electron chi connectivity index (χ4n) is 1.38. The zero-order chi connectivity index (χ0) is 11.8. The summed E-state index contributed by atoms with van der Waals surface area (Å²) in [5.41, 5.74) is 1.25. The molecule has 2 rings (SSSR count). The van der Waals surface area contributed by atoms with Gasteiger partial charge in [0.05, 0.1) is 10.5 Å². The number of hydrogen-bond acceptors (Lipinski definition) is 5. The van der Waals surface area contributed by atoms with Gasteiger partial charge in [0.25, 0.3) is 0 Å². The van der Waals surface area contributed by atoms with E-state index >= 15 is 0 Å². The van der Waals surface area contributed by atoms with Crippen molar-refractivity contribution in [3.05, 3.63) is 33.5 Å². The van der Waals surface area contributed by atoms with Crippen LogP contribution in [0.25, 0.3) is 10.3 Å². The van der Waals surface area contributed by atoms with Crippen LogP contribution in [0.2, 0.25) is 0 Å². The molecule has 0 fully saturated rings. The molecule has 0 bridgehead atoms. The molecule has 7 heteroatoms. The third-order valence-corrected chi connectivity index (χ3v) is 4.13. The first-order chi connectivity index (χ1) is 7.46. The predicted octanol–water partition coefficient (Wildman–Crippen LogP) is 1.97. The van der Waals surface area contributed by atoms with Gasteiger partial charge in [0.2, 0.25) is 9.05 Å². The van der Waals surface area contributed by atoms with Gasteiger partial charge in [-0.1, -0.05) is 23.5 Å². The Morgan fingerprint density at radius 1 is 1.38 bits per heavy atom. The monoisotopic (exact) mass is 278 g/mol. The van der Waals surface area contributed by atoms with Crippen LogP contribution in [0.15, 0.2) is 27.4 Å². The Morgan fingerprint density at radius 3 is 2.81 bits per heavy atom. The average molecular weight is 279 g/mol. The molecule has 0 unspecified atom stereocenters. The molecule has 1 aromatic carbocycles. The van der Waals surface area contributed by atoms with Gasteiger partial charge < -0.3 is 4.42 Å². The van der Waals surface area contributed by atoms with E-state index in [1.54, 1.807) is 18.2 Å². The second-order valence-electron chi connectivity index (χ2n) is 3.19. The Labute approximate surface area is 99.9 Å². The molecule has 0 saturated heterocycles. The molecule has 86 valence electrons. The number of hydrogen-bond donors (Lipinski definition) is 0. The first-order valence-electron chi connectivity index (χ1n) is 4.39. The van der Waals surface area contributed by atoms with Crippen LogP contribution in [-0.2, 0) is 15.5 Å². The SMILES string of the molecule is O=c1oc2cccc(CCS(=O)(=O)Cl)c2s1. The quantitative estimate of drug-likeness (QED) is 0.805. The first-order valence-corrected chi connectivity index (χ1v) is 7.69. The number of aryl methyl sites for hydroxylation is 1. The lowest BCUT2D eigenvalue weighted by Crippen LogP contribution is -2.00. The number of rotatable bonds is 3. The maximum Gasteiger partial charge on any atom is 0.396 e. The molecule has 0 spiro atoms. The minimum absolute atomic E-state index is 0.153. The van der Waals surface area contributed by atoms with Crippen LogP contribution in [0, 0.1) is 0 Å². The lowest BCUT2D eigenvalue weighted by molar-refractivity contribution is 0.585. The van der Waals surface area contributed by atoms with E-state index in [-0.39, 0.29) is 12.2 Å². The Bertz CT molecular complexity index is 668. The van der Waals surface area contributed by atoms with E-state index in [1.165, 1.54) is 0 Å². The molecule has 0 N–H and O–H groups in total. The van der Waals surface area contributed by atoms with E-state index in [0.29, 0.717) is 10.3 Å². The highest BCUT2D eigenvalue weighted by atomic mass is 35.7. The third kappa shape index (κ3) is 2.63.